The van der Waals surface area contributed by atoms with Gasteiger partial charge in [-0.25, -0.2) is 0 Å². The van der Waals surface area contributed by atoms with Gasteiger partial charge in [0, 0.05) is 13.6 Å². The summed E-state index contributed by atoms with van der Waals surface area (Å²) in [7, 11) is 1.79. The molecule has 0 spiro atoms. The lowest BCUT2D eigenvalue weighted by atomic mass is 10.2. The monoisotopic (exact) mass is 265 g/mol. The van der Waals surface area contributed by atoms with E-state index in [1.807, 2.05) is 27.7 Å². The Balaban J connectivity index is 3.86. The first-order valence-corrected chi connectivity index (χ1v) is 5.60. The molecule has 14 heavy (non-hydrogen) atoms. The van der Waals surface area contributed by atoms with Crippen LogP contribution in [-0.4, -0.2) is 41.4 Å². The predicted molar refractivity (Wildman–Crippen MR) is 61.7 cm³/mol. The lowest BCUT2D eigenvalue weighted by Gasteiger charge is -2.24. The van der Waals surface area contributed by atoms with Crippen molar-refractivity contribution in [3.63, 3.8) is 0 Å². The molecule has 0 fully saturated rings. The van der Waals surface area contributed by atoms with Gasteiger partial charge < -0.3 is 9.64 Å². The molecule has 0 heterocycles. The van der Waals surface area contributed by atoms with Gasteiger partial charge in [-0.3, -0.25) is 4.79 Å². The molecular formula is C10H20BrNO2. The molecule has 84 valence electrons. The second kappa shape index (κ2) is 5.71. The first-order chi connectivity index (χ1) is 6.25. The number of nitrogens with zero attached hydrogens (tertiary/aromatic N) is 1. The number of hydrogen-bond donors (Lipinski definition) is 0. The lowest BCUT2D eigenvalue weighted by molar-refractivity contribution is -0.132. The molecule has 0 aliphatic heterocycles. The van der Waals surface area contributed by atoms with Crippen LogP contribution in [0, 0.1) is 0 Å². The minimum absolute atomic E-state index is 0.0739. The molecule has 0 unspecified atom stereocenters. The number of ether oxygens (including phenoxy) is 1. The topological polar surface area (TPSA) is 29.5 Å². The van der Waals surface area contributed by atoms with Gasteiger partial charge in [-0.1, -0.05) is 15.9 Å². The van der Waals surface area contributed by atoms with Gasteiger partial charge >= 0.3 is 0 Å². The summed E-state index contributed by atoms with van der Waals surface area (Å²) in [6.45, 7) is 8.87. The molecule has 0 radical (unpaired) electrons. The summed E-state index contributed by atoms with van der Waals surface area (Å²) in [5.41, 5.74) is 0. The van der Waals surface area contributed by atoms with E-state index in [2.05, 4.69) is 15.9 Å². The summed E-state index contributed by atoms with van der Waals surface area (Å²) in [6.07, 6.45) is 0.218. The highest BCUT2D eigenvalue weighted by Gasteiger charge is 2.26. The number of hydrogen-bond acceptors (Lipinski definition) is 2. The fraction of sp³-hybridized carbons (Fsp3) is 0.900. The van der Waals surface area contributed by atoms with Gasteiger partial charge in [-0.15, -0.1) is 0 Å². The zero-order chi connectivity index (χ0) is 11.4. The van der Waals surface area contributed by atoms with Gasteiger partial charge in [0.2, 0.25) is 5.91 Å². The standard InChI is InChI=1S/C10H20BrNO2/c1-8(2)14-7-6-12(5)9(13)10(3,4)11/h8H,6-7H2,1-5H3. The molecule has 0 aromatic rings. The minimum atomic E-state index is -0.487. The van der Waals surface area contributed by atoms with Crippen molar-refractivity contribution in [2.24, 2.45) is 0 Å². The van der Waals surface area contributed by atoms with E-state index in [1.165, 1.54) is 0 Å². The maximum absolute atomic E-state index is 11.7. The molecule has 0 aromatic carbocycles. The van der Waals surface area contributed by atoms with Crippen LogP contribution in [0.15, 0.2) is 0 Å². The average Bonchev–Trinajstić information content (AvgIpc) is 2.00. The van der Waals surface area contributed by atoms with Crippen LogP contribution in [-0.2, 0) is 9.53 Å². The van der Waals surface area contributed by atoms with Crippen molar-refractivity contribution in [1.29, 1.82) is 0 Å². The zero-order valence-electron chi connectivity index (χ0n) is 9.63. The molecular weight excluding hydrogens is 246 g/mol. The normalized spacial score (nSPS) is 11.9. The summed E-state index contributed by atoms with van der Waals surface area (Å²) in [4.78, 5) is 13.3. The summed E-state index contributed by atoms with van der Waals surface area (Å²) in [5.74, 6) is 0.0739. The molecule has 0 rings (SSSR count). The molecule has 1 amide bonds. The molecule has 0 bridgehead atoms. The van der Waals surface area contributed by atoms with E-state index in [-0.39, 0.29) is 12.0 Å². The van der Waals surface area contributed by atoms with Gasteiger partial charge in [-0.05, 0) is 27.7 Å². The Kier molecular flexibility index (Phi) is 5.67. The second-order valence-corrected chi connectivity index (χ2v) is 6.10. The van der Waals surface area contributed by atoms with E-state index in [9.17, 15) is 4.79 Å². The Morgan fingerprint density at radius 1 is 1.50 bits per heavy atom. The van der Waals surface area contributed by atoms with Crippen molar-refractivity contribution >= 4 is 21.8 Å². The quantitative estimate of drug-likeness (QED) is 0.713. The van der Waals surface area contributed by atoms with Gasteiger partial charge in [0.05, 0.1) is 17.0 Å². The smallest absolute Gasteiger partial charge is 0.238 e. The predicted octanol–water partition coefficient (Wildman–Crippen LogP) is 2.04. The number of halogens is 1. The third kappa shape index (κ3) is 5.60. The number of carbonyl (C=O) groups is 1. The van der Waals surface area contributed by atoms with Crippen molar-refractivity contribution < 1.29 is 9.53 Å². The van der Waals surface area contributed by atoms with Crippen LogP contribution in [0.25, 0.3) is 0 Å². The van der Waals surface area contributed by atoms with Crippen LogP contribution in [0.4, 0.5) is 0 Å². The number of amides is 1. The van der Waals surface area contributed by atoms with Crippen LogP contribution < -0.4 is 0 Å². The molecule has 0 aliphatic rings. The molecule has 0 aromatic heterocycles. The van der Waals surface area contributed by atoms with E-state index in [0.717, 1.165) is 0 Å². The minimum Gasteiger partial charge on any atom is -0.377 e. The van der Waals surface area contributed by atoms with Crippen LogP contribution in [0.2, 0.25) is 0 Å². The fourth-order valence-corrected chi connectivity index (χ4v) is 1.28. The second-order valence-electron chi connectivity index (χ2n) is 4.12. The molecule has 4 heteroatoms. The molecule has 0 atom stereocenters. The summed E-state index contributed by atoms with van der Waals surface area (Å²) < 4.78 is 4.88. The average molecular weight is 266 g/mol. The highest BCUT2D eigenvalue weighted by Crippen LogP contribution is 2.18. The van der Waals surface area contributed by atoms with E-state index in [1.54, 1.807) is 11.9 Å². The first kappa shape index (κ1) is 13.9. The van der Waals surface area contributed by atoms with Crippen LogP contribution >= 0.6 is 15.9 Å². The number of alkyl halides is 1. The SMILES string of the molecule is CC(C)OCCN(C)C(=O)C(C)(C)Br. The maximum Gasteiger partial charge on any atom is 0.238 e. The summed E-state index contributed by atoms with van der Waals surface area (Å²) in [6, 6.07) is 0. The third-order valence-corrected chi connectivity index (χ3v) is 2.07. The molecule has 0 N–H and O–H groups in total. The molecule has 0 aliphatic carbocycles. The van der Waals surface area contributed by atoms with Gasteiger partial charge in [-0.2, -0.15) is 0 Å². The van der Waals surface area contributed by atoms with E-state index in [4.69, 9.17) is 4.74 Å². The van der Waals surface area contributed by atoms with Crippen molar-refractivity contribution in [1.82, 2.24) is 4.90 Å². The Morgan fingerprint density at radius 3 is 2.36 bits per heavy atom. The van der Waals surface area contributed by atoms with E-state index >= 15 is 0 Å². The van der Waals surface area contributed by atoms with Crippen LogP contribution in [0.1, 0.15) is 27.7 Å². The summed E-state index contributed by atoms with van der Waals surface area (Å²) in [5, 5.41) is 0. The Morgan fingerprint density at radius 2 is 2.00 bits per heavy atom. The number of carbonyl (C=O) groups excluding carboxylic acids is 1. The molecule has 0 saturated heterocycles. The highest BCUT2D eigenvalue weighted by atomic mass is 79.9. The third-order valence-electron chi connectivity index (χ3n) is 1.73. The van der Waals surface area contributed by atoms with E-state index in [0.29, 0.717) is 13.2 Å². The lowest BCUT2D eigenvalue weighted by Crippen LogP contribution is -2.40. The van der Waals surface area contributed by atoms with Gasteiger partial charge in [0.1, 0.15) is 0 Å². The van der Waals surface area contributed by atoms with Crippen LogP contribution in [0.3, 0.4) is 0 Å². The van der Waals surface area contributed by atoms with Gasteiger partial charge in [0.15, 0.2) is 0 Å². The van der Waals surface area contributed by atoms with Crippen LogP contribution in [0.5, 0.6) is 0 Å². The summed E-state index contributed by atoms with van der Waals surface area (Å²) >= 11 is 3.33. The van der Waals surface area contributed by atoms with Crippen molar-refractivity contribution in [2.45, 2.75) is 38.1 Å². The first-order valence-electron chi connectivity index (χ1n) is 4.81. The highest BCUT2D eigenvalue weighted by molar-refractivity contribution is 9.10. The van der Waals surface area contributed by atoms with Gasteiger partial charge in [0.25, 0.3) is 0 Å². The van der Waals surface area contributed by atoms with E-state index < -0.39 is 4.32 Å². The van der Waals surface area contributed by atoms with Crippen molar-refractivity contribution in [3.05, 3.63) is 0 Å². The maximum atomic E-state index is 11.7. The Hall–Kier alpha value is -0.0900. The number of likely N-dealkylation sites (N-methyl/N-ethyl adjacent to an activating group) is 1. The van der Waals surface area contributed by atoms with Crippen molar-refractivity contribution in [3.8, 4) is 0 Å². The Labute approximate surface area is 94.9 Å². The number of rotatable bonds is 5. The molecule has 3 nitrogen and oxygen atoms in total. The molecule has 0 saturated carbocycles. The fourth-order valence-electron chi connectivity index (χ4n) is 0.981. The largest absolute Gasteiger partial charge is 0.377 e. The van der Waals surface area contributed by atoms with Crippen molar-refractivity contribution in [2.75, 3.05) is 20.2 Å². The Bertz CT molecular complexity index is 187. The zero-order valence-corrected chi connectivity index (χ0v) is 11.2.